The third kappa shape index (κ3) is 3.15. The van der Waals surface area contributed by atoms with Gasteiger partial charge in [0, 0.05) is 22.2 Å². The predicted molar refractivity (Wildman–Crippen MR) is 87.1 cm³/mol. The molecule has 1 unspecified atom stereocenters. The Labute approximate surface area is 132 Å². The molecule has 0 saturated heterocycles. The summed E-state index contributed by atoms with van der Waals surface area (Å²) in [5, 5.41) is 9.81. The van der Waals surface area contributed by atoms with Crippen LogP contribution < -0.4 is 4.90 Å². The van der Waals surface area contributed by atoms with Gasteiger partial charge in [0.1, 0.15) is 0 Å². The fourth-order valence-electron chi connectivity index (χ4n) is 2.09. The molecule has 0 aliphatic rings. The summed E-state index contributed by atoms with van der Waals surface area (Å²) in [7, 11) is 2.00. The average molecular weight is 350 g/mol. The van der Waals surface area contributed by atoms with Crippen molar-refractivity contribution in [1.82, 2.24) is 0 Å². The minimum absolute atomic E-state index is 0.115. The molecule has 0 N–H and O–H groups in total. The van der Waals surface area contributed by atoms with E-state index in [9.17, 15) is 0 Å². The van der Waals surface area contributed by atoms with Gasteiger partial charge in [0.2, 0.25) is 0 Å². The zero-order valence-electron chi connectivity index (χ0n) is 11.3. The zero-order chi connectivity index (χ0) is 14.7. The second-order valence-electron chi connectivity index (χ2n) is 4.62. The highest BCUT2D eigenvalue weighted by molar-refractivity contribution is 9.10. The van der Waals surface area contributed by atoms with E-state index in [0.717, 1.165) is 20.7 Å². The molecule has 20 heavy (non-hydrogen) atoms. The van der Waals surface area contributed by atoms with Gasteiger partial charge in [-0.25, -0.2) is 0 Å². The van der Waals surface area contributed by atoms with E-state index >= 15 is 0 Å². The minimum atomic E-state index is 0.115. The standard InChI is InChI=1S/C16H14BrClN2/c1-11(15-5-3-4-6-16(15)18)20(2)14-8-12(10-19)7-13(17)9-14/h3-9,11H,1-2H3. The van der Waals surface area contributed by atoms with Crippen LogP contribution in [0.25, 0.3) is 0 Å². The van der Waals surface area contributed by atoms with Crippen molar-refractivity contribution in [3.63, 3.8) is 0 Å². The fraction of sp³-hybridized carbons (Fsp3) is 0.188. The minimum Gasteiger partial charge on any atom is -0.368 e. The molecule has 2 nitrogen and oxygen atoms in total. The van der Waals surface area contributed by atoms with Crippen LogP contribution in [0.1, 0.15) is 24.1 Å². The smallest absolute Gasteiger partial charge is 0.0992 e. The van der Waals surface area contributed by atoms with Crippen LogP contribution in [-0.2, 0) is 0 Å². The van der Waals surface area contributed by atoms with E-state index in [4.69, 9.17) is 16.9 Å². The Bertz CT molecular complexity index is 664. The Morgan fingerprint density at radius 1 is 1.25 bits per heavy atom. The Balaban J connectivity index is 2.36. The molecular weight excluding hydrogens is 336 g/mol. The molecule has 4 heteroatoms. The Kier molecular flexibility index (Phi) is 4.69. The van der Waals surface area contributed by atoms with Gasteiger partial charge in [0.25, 0.3) is 0 Å². The maximum absolute atomic E-state index is 9.06. The van der Waals surface area contributed by atoms with E-state index in [-0.39, 0.29) is 6.04 Å². The molecule has 0 saturated carbocycles. The van der Waals surface area contributed by atoms with Crippen molar-refractivity contribution < 1.29 is 0 Å². The van der Waals surface area contributed by atoms with Crippen LogP contribution >= 0.6 is 27.5 Å². The molecule has 0 amide bonds. The van der Waals surface area contributed by atoms with Gasteiger partial charge in [-0.1, -0.05) is 45.7 Å². The summed E-state index contributed by atoms with van der Waals surface area (Å²) in [6.07, 6.45) is 0. The maximum atomic E-state index is 9.06. The number of anilines is 1. The normalized spacial score (nSPS) is 11.8. The van der Waals surface area contributed by atoms with Gasteiger partial charge in [-0.15, -0.1) is 0 Å². The lowest BCUT2D eigenvalue weighted by Gasteiger charge is -2.28. The zero-order valence-corrected chi connectivity index (χ0v) is 13.6. The largest absolute Gasteiger partial charge is 0.368 e. The first kappa shape index (κ1) is 14.9. The maximum Gasteiger partial charge on any atom is 0.0992 e. The summed E-state index contributed by atoms with van der Waals surface area (Å²) in [6, 6.07) is 15.8. The van der Waals surface area contributed by atoms with Gasteiger partial charge in [-0.05, 0) is 36.8 Å². The quantitative estimate of drug-likeness (QED) is 0.764. The summed E-state index contributed by atoms with van der Waals surface area (Å²) in [4.78, 5) is 2.10. The van der Waals surface area contributed by atoms with Crippen molar-refractivity contribution in [2.75, 3.05) is 11.9 Å². The van der Waals surface area contributed by atoms with Crippen LogP contribution in [0.4, 0.5) is 5.69 Å². The summed E-state index contributed by atoms with van der Waals surface area (Å²) < 4.78 is 0.893. The molecule has 0 radical (unpaired) electrons. The van der Waals surface area contributed by atoms with E-state index in [2.05, 4.69) is 33.8 Å². The molecule has 0 fully saturated rings. The number of hydrogen-bond donors (Lipinski definition) is 0. The van der Waals surface area contributed by atoms with Crippen LogP contribution in [0.5, 0.6) is 0 Å². The molecule has 1 atom stereocenters. The Morgan fingerprint density at radius 2 is 1.95 bits per heavy atom. The molecular formula is C16H14BrClN2. The first-order valence-corrected chi connectivity index (χ1v) is 7.38. The van der Waals surface area contributed by atoms with Gasteiger partial charge in [-0.3, -0.25) is 0 Å². The van der Waals surface area contributed by atoms with Crippen LogP contribution in [-0.4, -0.2) is 7.05 Å². The van der Waals surface area contributed by atoms with E-state index in [1.807, 2.05) is 43.4 Å². The lowest BCUT2D eigenvalue weighted by atomic mass is 10.1. The second kappa shape index (κ2) is 6.30. The van der Waals surface area contributed by atoms with Gasteiger partial charge < -0.3 is 4.90 Å². The highest BCUT2D eigenvalue weighted by Crippen LogP contribution is 2.31. The lowest BCUT2D eigenvalue weighted by molar-refractivity contribution is 0.740. The van der Waals surface area contributed by atoms with Gasteiger partial charge in [-0.2, -0.15) is 5.26 Å². The van der Waals surface area contributed by atoms with Crippen molar-refractivity contribution >= 4 is 33.2 Å². The molecule has 0 bridgehead atoms. The molecule has 2 aromatic carbocycles. The summed E-state index contributed by atoms with van der Waals surface area (Å²) in [5.74, 6) is 0. The highest BCUT2D eigenvalue weighted by atomic mass is 79.9. The average Bonchev–Trinajstić information content (AvgIpc) is 2.45. The predicted octanol–water partition coefficient (Wildman–Crippen LogP) is 5.17. The molecule has 0 heterocycles. The van der Waals surface area contributed by atoms with Crippen LogP contribution in [0.2, 0.25) is 5.02 Å². The van der Waals surface area contributed by atoms with Gasteiger partial charge >= 0.3 is 0 Å². The number of hydrogen-bond acceptors (Lipinski definition) is 2. The van der Waals surface area contributed by atoms with E-state index in [1.54, 1.807) is 6.07 Å². The van der Waals surface area contributed by atoms with Crippen LogP contribution in [0.3, 0.4) is 0 Å². The van der Waals surface area contributed by atoms with Crippen molar-refractivity contribution in [3.8, 4) is 6.07 Å². The second-order valence-corrected chi connectivity index (χ2v) is 5.94. The topological polar surface area (TPSA) is 27.0 Å². The highest BCUT2D eigenvalue weighted by Gasteiger charge is 2.15. The molecule has 0 aliphatic carbocycles. The number of benzene rings is 2. The monoisotopic (exact) mass is 348 g/mol. The molecule has 0 aromatic heterocycles. The Morgan fingerprint density at radius 3 is 2.60 bits per heavy atom. The van der Waals surface area contributed by atoms with Gasteiger partial charge in [0.05, 0.1) is 17.7 Å². The molecule has 102 valence electrons. The van der Waals surface area contributed by atoms with Crippen molar-refractivity contribution in [3.05, 3.63) is 63.1 Å². The molecule has 2 aromatic rings. The lowest BCUT2D eigenvalue weighted by Crippen LogP contribution is -2.22. The van der Waals surface area contributed by atoms with Crippen molar-refractivity contribution in [2.24, 2.45) is 0 Å². The molecule has 0 spiro atoms. The summed E-state index contributed by atoms with van der Waals surface area (Å²) in [6.45, 7) is 2.09. The SMILES string of the molecule is CC(c1ccccc1Cl)N(C)c1cc(Br)cc(C#N)c1. The first-order chi connectivity index (χ1) is 9.52. The van der Waals surface area contributed by atoms with Gasteiger partial charge in [0.15, 0.2) is 0 Å². The summed E-state index contributed by atoms with van der Waals surface area (Å²) in [5.41, 5.74) is 2.67. The number of halogens is 2. The van der Waals surface area contributed by atoms with Crippen molar-refractivity contribution in [2.45, 2.75) is 13.0 Å². The summed E-state index contributed by atoms with van der Waals surface area (Å²) >= 11 is 9.69. The number of rotatable bonds is 3. The number of nitrogens with zero attached hydrogens (tertiary/aromatic N) is 2. The van der Waals surface area contributed by atoms with Crippen LogP contribution in [0, 0.1) is 11.3 Å². The van der Waals surface area contributed by atoms with E-state index in [0.29, 0.717) is 5.56 Å². The van der Waals surface area contributed by atoms with E-state index in [1.165, 1.54) is 0 Å². The van der Waals surface area contributed by atoms with Crippen LogP contribution in [0.15, 0.2) is 46.9 Å². The first-order valence-electron chi connectivity index (χ1n) is 6.21. The molecule has 0 aliphatic heterocycles. The Hall–Kier alpha value is -1.50. The van der Waals surface area contributed by atoms with Crippen molar-refractivity contribution in [1.29, 1.82) is 5.26 Å². The van der Waals surface area contributed by atoms with E-state index < -0.39 is 0 Å². The third-order valence-corrected chi connectivity index (χ3v) is 4.16. The third-order valence-electron chi connectivity index (χ3n) is 3.36. The number of nitriles is 1. The fourth-order valence-corrected chi connectivity index (χ4v) is 2.86. The molecule has 2 rings (SSSR count).